The Morgan fingerprint density at radius 2 is 1.57 bits per heavy atom. The van der Waals surface area contributed by atoms with Crippen molar-refractivity contribution in [2.75, 3.05) is 45.9 Å². The summed E-state index contributed by atoms with van der Waals surface area (Å²) < 4.78 is 0. The molecule has 1 aromatic heterocycles. The van der Waals surface area contributed by atoms with E-state index in [1.807, 2.05) is 11.3 Å². The van der Waals surface area contributed by atoms with E-state index in [0.717, 1.165) is 52.1 Å². The van der Waals surface area contributed by atoms with E-state index in [1.54, 1.807) is 0 Å². The van der Waals surface area contributed by atoms with Crippen LogP contribution >= 0.6 is 11.3 Å². The molecule has 2 aromatic rings. The van der Waals surface area contributed by atoms with Gasteiger partial charge in [0, 0.05) is 61.7 Å². The summed E-state index contributed by atoms with van der Waals surface area (Å²) in [6, 6.07) is 15.9. The minimum absolute atomic E-state index is 0.277. The van der Waals surface area contributed by atoms with Crippen LogP contribution in [0.3, 0.4) is 0 Å². The average Bonchev–Trinajstić information content (AvgIpc) is 3.21. The van der Waals surface area contributed by atoms with Crippen LogP contribution in [0.5, 0.6) is 0 Å². The van der Waals surface area contributed by atoms with Crippen molar-refractivity contribution in [1.29, 1.82) is 0 Å². The third kappa shape index (κ3) is 6.38. The van der Waals surface area contributed by atoms with Gasteiger partial charge in [-0.3, -0.25) is 14.7 Å². The second-order valence-corrected chi connectivity index (χ2v) is 10.1. The maximum atomic E-state index is 9.61. The Bertz CT molecular complexity index is 744. The summed E-state index contributed by atoms with van der Waals surface area (Å²) in [4.78, 5) is 10.8. The normalized spacial score (nSPS) is 21.8. The highest BCUT2D eigenvalue weighted by Gasteiger charge is 2.26. The number of aliphatic hydroxyl groups excluding tert-OH is 1. The van der Waals surface area contributed by atoms with Gasteiger partial charge in [-0.25, -0.2) is 0 Å². The topological polar surface area (TPSA) is 30.0 Å². The van der Waals surface area contributed by atoms with Crippen molar-refractivity contribution >= 4 is 11.3 Å². The number of piperidine rings is 1. The second kappa shape index (κ2) is 11.4. The fourth-order valence-electron chi connectivity index (χ4n) is 4.89. The fourth-order valence-corrected chi connectivity index (χ4v) is 5.99. The molecule has 164 valence electrons. The number of thiophene rings is 1. The molecule has 0 bridgehead atoms. The number of hydrogen-bond acceptors (Lipinski definition) is 5. The Hall–Kier alpha value is -1.24. The largest absolute Gasteiger partial charge is 0.396 e. The lowest BCUT2D eigenvalue weighted by Gasteiger charge is -2.41. The Morgan fingerprint density at radius 1 is 0.833 bits per heavy atom. The van der Waals surface area contributed by atoms with Crippen molar-refractivity contribution in [2.45, 2.75) is 51.2 Å². The Labute approximate surface area is 186 Å². The Balaban J connectivity index is 1.27. The minimum Gasteiger partial charge on any atom is -0.396 e. The van der Waals surface area contributed by atoms with Crippen LogP contribution in [-0.4, -0.2) is 71.7 Å². The van der Waals surface area contributed by atoms with Gasteiger partial charge in [0.05, 0.1) is 0 Å². The summed E-state index contributed by atoms with van der Waals surface area (Å²) in [6.07, 6.45) is 6.08. The summed E-state index contributed by atoms with van der Waals surface area (Å²) in [5, 5.41) is 9.61. The lowest BCUT2D eigenvalue weighted by molar-refractivity contribution is 0.0567. The molecule has 1 N–H and O–H groups in total. The van der Waals surface area contributed by atoms with Gasteiger partial charge in [-0.05, 0) is 56.5 Å². The molecular formula is C25H37N3OS. The zero-order valence-electron chi connectivity index (χ0n) is 18.2. The molecule has 0 radical (unpaired) electrons. The van der Waals surface area contributed by atoms with E-state index in [0.29, 0.717) is 6.04 Å². The SMILES string of the molecule is OCC[C@H]1CN(Cc2ccc(CN3CCCCC3)s2)CCN1CCc1ccccc1. The number of benzene rings is 1. The first-order chi connectivity index (χ1) is 14.8. The molecular weight excluding hydrogens is 390 g/mol. The van der Waals surface area contributed by atoms with Crippen LogP contribution in [0.25, 0.3) is 0 Å². The molecule has 5 heteroatoms. The lowest BCUT2D eigenvalue weighted by Crippen LogP contribution is -2.53. The Kier molecular flexibility index (Phi) is 8.35. The van der Waals surface area contributed by atoms with E-state index >= 15 is 0 Å². The molecule has 2 aliphatic rings. The van der Waals surface area contributed by atoms with Crippen LogP contribution in [0.2, 0.25) is 0 Å². The maximum absolute atomic E-state index is 9.61. The standard InChI is InChI=1S/C25H37N3OS/c29-18-12-23-19-27(16-17-28(23)15-11-22-7-3-1-4-8-22)21-25-10-9-24(30-25)20-26-13-5-2-6-14-26/h1,3-4,7-10,23,29H,2,5-6,11-21H2/t23-/m0/s1. The van der Waals surface area contributed by atoms with E-state index in [9.17, 15) is 5.11 Å². The minimum atomic E-state index is 0.277. The van der Waals surface area contributed by atoms with Crippen molar-refractivity contribution in [3.8, 4) is 0 Å². The van der Waals surface area contributed by atoms with Crippen molar-refractivity contribution in [3.63, 3.8) is 0 Å². The van der Waals surface area contributed by atoms with Gasteiger partial charge in [0.15, 0.2) is 0 Å². The first-order valence-corrected chi connectivity index (χ1v) is 12.5. The smallest absolute Gasteiger partial charge is 0.0446 e. The molecule has 4 rings (SSSR count). The number of nitrogens with zero attached hydrogens (tertiary/aromatic N) is 3. The number of aliphatic hydroxyl groups is 1. The molecule has 3 heterocycles. The summed E-state index contributed by atoms with van der Waals surface area (Å²) in [7, 11) is 0. The van der Waals surface area contributed by atoms with Crippen molar-refractivity contribution in [3.05, 3.63) is 57.8 Å². The van der Waals surface area contributed by atoms with Gasteiger partial charge in [0.25, 0.3) is 0 Å². The van der Waals surface area contributed by atoms with Gasteiger partial charge in [-0.15, -0.1) is 11.3 Å². The van der Waals surface area contributed by atoms with Crippen LogP contribution in [0, 0.1) is 0 Å². The average molecular weight is 428 g/mol. The van der Waals surface area contributed by atoms with Crippen molar-refractivity contribution < 1.29 is 5.11 Å². The van der Waals surface area contributed by atoms with Crippen LogP contribution in [0.15, 0.2) is 42.5 Å². The number of piperazine rings is 1. The molecule has 4 nitrogen and oxygen atoms in total. The zero-order chi connectivity index (χ0) is 20.6. The third-order valence-corrected chi connectivity index (χ3v) is 7.66. The molecule has 1 atom stereocenters. The van der Waals surface area contributed by atoms with Gasteiger partial charge in [-0.1, -0.05) is 36.8 Å². The van der Waals surface area contributed by atoms with E-state index in [4.69, 9.17) is 0 Å². The van der Waals surface area contributed by atoms with Gasteiger partial charge < -0.3 is 5.11 Å². The van der Waals surface area contributed by atoms with Crippen LogP contribution < -0.4 is 0 Å². The molecule has 0 spiro atoms. The quantitative estimate of drug-likeness (QED) is 0.658. The van der Waals surface area contributed by atoms with Gasteiger partial charge in [0.1, 0.15) is 0 Å². The number of hydrogen-bond donors (Lipinski definition) is 1. The predicted molar refractivity (Wildman–Crippen MR) is 126 cm³/mol. The molecule has 0 unspecified atom stereocenters. The highest BCUT2D eigenvalue weighted by Crippen LogP contribution is 2.23. The first kappa shape index (κ1) is 22.0. The van der Waals surface area contributed by atoms with Crippen LogP contribution in [-0.2, 0) is 19.5 Å². The Morgan fingerprint density at radius 3 is 2.30 bits per heavy atom. The molecule has 0 amide bonds. The van der Waals surface area contributed by atoms with Crippen molar-refractivity contribution in [1.82, 2.24) is 14.7 Å². The number of likely N-dealkylation sites (tertiary alicyclic amines) is 1. The molecule has 30 heavy (non-hydrogen) atoms. The molecule has 2 saturated heterocycles. The van der Waals surface area contributed by atoms with E-state index in [-0.39, 0.29) is 6.61 Å². The fraction of sp³-hybridized carbons (Fsp3) is 0.600. The summed E-state index contributed by atoms with van der Waals surface area (Å²) in [5.41, 5.74) is 1.41. The number of rotatable bonds is 9. The van der Waals surface area contributed by atoms with E-state index in [2.05, 4.69) is 57.2 Å². The van der Waals surface area contributed by atoms with E-state index in [1.165, 1.54) is 47.7 Å². The summed E-state index contributed by atoms with van der Waals surface area (Å²) in [6.45, 7) is 9.36. The lowest BCUT2D eigenvalue weighted by atomic mass is 10.1. The van der Waals surface area contributed by atoms with Crippen molar-refractivity contribution in [2.24, 2.45) is 0 Å². The first-order valence-electron chi connectivity index (χ1n) is 11.7. The predicted octanol–water partition coefficient (Wildman–Crippen LogP) is 3.85. The monoisotopic (exact) mass is 427 g/mol. The molecule has 2 fully saturated rings. The van der Waals surface area contributed by atoms with Gasteiger partial charge in [0.2, 0.25) is 0 Å². The van der Waals surface area contributed by atoms with Gasteiger partial charge in [-0.2, -0.15) is 0 Å². The van der Waals surface area contributed by atoms with Gasteiger partial charge >= 0.3 is 0 Å². The molecule has 0 saturated carbocycles. The zero-order valence-corrected chi connectivity index (χ0v) is 19.0. The molecule has 1 aromatic carbocycles. The van der Waals surface area contributed by atoms with Crippen LogP contribution in [0.4, 0.5) is 0 Å². The summed E-state index contributed by atoms with van der Waals surface area (Å²) in [5.74, 6) is 0. The highest BCUT2D eigenvalue weighted by atomic mass is 32.1. The molecule has 0 aliphatic carbocycles. The maximum Gasteiger partial charge on any atom is 0.0446 e. The third-order valence-electron chi connectivity index (χ3n) is 6.61. The van der Waals surface area contributed by atoms with Crippen LogP contribution in [0.1, 0.15) is 41.0 Å². The molecule has 2 aliphatic heterocycles. The van der Waals surface area contributed by atoms with E-state index < -0.39 is 0 Å². The highest BCUT2D eigenvalue weighted by molar-refractivity contribution is 7.11. The second-order valence-electron chi connectivity index (χ2n) is 8.88. The summed E-state index contributed by atoms with van der Waals surface area (Å²) >= 11 is 2.00.